The van der Waals surface area contributed by atoms with Gasteiger partial charge in [-0.2, -0.15) is 0 Å². The van der Waals surface area contributed by atoms with E-state index in [1.54, 1.807) is 0 Å². The van der Waals surface area contributed by atoms with Crippen molar-refractivity contribution in [3.63, 3.8) is 0 Å². The number of aromatic nitrogens is 4. The van der Waals surface area contributed by atoms with Crippen molar-refractivity contribution in [1.29, 1.82) is 0 Å². The molecule has 0 unspecified atom stereocenters. The van der Waals surface area contributed by atoms with Crippen molar-refractivity contribution in [2.45, 2.75) is 19.3 Å². The van der Waals surface area contributed by atoms with Crippen LogP contribution in [0.25, 0.3) is 49.9 Å². The molecule has 0 bridgehead atoms. The van der Waals surface area contributed by atoms with Gasteiger partial charge in [0.1, 0.15) is 11.6 Å². The highest BCUT2D eigenvalue weighted by Gasteiger charge is 2.45. The molecule has 0 aliphatic carbocycles. The van der Waals surface area contributed by atoms with Gasteiger partial charge in [-0.15, -0.1) is 0 Å². The molecule has 1 aliphatic heterocycles. The van der Waals surface area contributed by atoms with Gasteiger partial charge in [-0.1, -0.05) is 166 Å². The van der Waals surface area contributed by atoms with E-state index in [0.29, 0.717) is 0 Å². The zero-order valence-corrected chi connectivity index (χ0v) is 37.0. The Balaban J connectivity index is 1.15. The molecule has 64 heavy (non-hydrogen) atoms. The van der Waals surface area contributed by atoms with Gasteiger partial charge in [0.15, 0.2) is 8.07 Å². The molecule has 5 nitrogen and oxygen atoms in total. The predicted molar refractivity (Wildman–Crippen MR) is 269 cm³/mol. The number of benzene rings is 8. The van der Waals surface area contributed by atoms with Gasteiger partial charge in [0, 0.05) is 40.7 Å². The quantitative estimate of drug-likeness (QED) is 0.119. The maximum atomic E-state index is 5.19. The van der Waals surface area contributed by atoms with Crippen LogP contribution in [0, 0.1) is 0 Å². The highest BCUT2D eigenvalue weighted by atomic mass is 28.3. The van der Waals surface area contributed by atoms with E-state index in [0.717, 1.165) is 45.3 Å². The van der Waals surface area contributed by atoms with Crippen LogP contribution in [-0.4, -0.2) is 27.2 Å². The molecule has 0 spiro atoms. The predicted octanol–water partition coefficient (Wildman–Crippen LogP) is 11.2. The van der Waals surface area contributed by atoms with Gasteiger partial charge < -0.3 is 9.13 Å². The van der Waals surface area contributed by atoms with Crippen LogP contribution in [0.15, 0.2) is 219 Å². The first-order valence-corrected chi connectivity index (χ1v) is 24.1. The van der Waals surface area contributed by atoms with Gasteiger partial charge in [0.05, 0.1) is 33.4 Å². The second-order valence-corrected chi connectivity index (χ2v) is 21.3. The maximum absolute atomic E-state index is 5.19. The molecule has 1 aliphatic rings. The lowest BCUT2D eigenvalue weighted by Crippen LogP contribution is -2.74. The second-order valence-electron chi connectivity index (χ2n) is 17.5. The number of hydrogen-bond acceptors (Lipinski definition) is 3. The summed E-state index contributed by atoms with van der Waals surface area (Å²) in [5.41, 5.74) is 11.2. The van der Waals surface area contributed by atoms with Crippen LogP contribution in [0.5, 0.6) is 0 Å². The molecule has 306 valence electrons. The minimum absolute atomic E-state index is 0.345. The highest BCUT2D eigenvalue weighted by molar-refractivity contribution is 7.20. The van der Waals surface area contributed by atoms with E-state index in [4.69, 9.17) is 9.97 Å². The number of pyridine rings is 1. The highest BCUT2D eigenvalue weighted by Crippen LogP contribution is 2.53. The van der Waals surface area contributed by atoms with Gasteiger partial charge in [-0.3, -0.25) is 4.90 Å². The van der Waals surface area contributed by atoms with Crippen LogP contribution in [-0.2, 0) is 12.5 Å². The Morgan fingerprint density at radius 2 is 1.09 bits per heavy atom. The number of hydrogen-bond donors (Lipinski definition) is 0. The summed E-state index contributed by atoms with van der Waals surface area (Å²) in [5.74, 6) is 1.84. The number of fused-ring (bicyclic) bond motifs is 6. The molecule has 0 amide bonds. The van der Waals surface area contributed by atoms with Crippen LogP contribution in [0.2, 0.25) is 0 Å². The minimum Gasteiger partial charge on any atom is -0.327 e. The molecule has 0 atom stereocenters. The largest absolute Gasteiger partial charge is 0.327 e. The molecule has 0 radical (unpaired) electrons. The summed E-state index contributed by atoms with van der Waals surface area (Å²) in [4.78, 5) is 12.7. The normalized spacial score (nSPS) is 13.3. The minimum atomic E-state index is -3.06. The zero-order valence-electron chi connectivity index (χ0n) is 36.0. The van der Waals surface area contributed by atoms with Crippen LogP contribution in [0.3, 0.4) is 0 Å². The Hall–Kier alpha value is -7.80. The number of rotatable bonds is 7. The maximum Gasteiger partial charge on any atom is 0.179 e. The van der Waals surface area contributed by atoms with Crippen molar-refractivity contribution in [2.24, 2.45) is 7.05 Å². The van der Waals surface area contributed by atoms with Crippen LogP contribution >= 0.6 is 0 Å². The molecule has 11 aromatic rings. The van der Waals surface area contributed by atoms with Crippen molar-refractivity contribution >= 4 is 78.9 Å². The van der Waals surface area contributed by atoms with Crippen molar-refractivity contribution < 1.29 is 0 Å². The second kappa shape index (κ2) is 14.7. The Bertz CT molecular complexity index is 3500. The first-order chi connectivity index (χ1) is 31.4. The molecule has 4 heterocycles. The van der Waals surface area contributed by atoms with Gasteiger partial charge >= 0.3 is 0 Å². The molecule has 8 aromatic carbocycles. The lowest BCUT2D eigenvalue weighted by Gasteiger charge is -2.43. The fourth-order valence-electron chi connectivity index (χ4n) is 10.7. The summed E-state index contributed by atoms with van der Waals surface area (Å²) >= 11 is 0. The average molecular weight is 840 g/mol. The Kier molecular flexibility index (Phi) is 8.68. The first kappa shape index (κ1) is 37.9. The summed E-state index contributed by atoms with van der Waals surface area (Å²) in [6.07, 6.45) is 1.91. The van der Waals surface area contributed by atoms with Crippen molar-refractivity contribution in [2.75, 3.05) is 4.90 Å². The molecule has 0 saturated heterocycles. The number of aryl methyl sites for hydroxylation is 1. The zero-order chi connectivity index (χ0) is 43.0. The van der Waals surface area contributed by atoms with Gasteiger partial charge in [0.2, 0.25) is 0 Å². The van der Waals surface area contributed by atoms with Gasteiger partial charge in [-0.05, 0) is 92.5 Å². The molecular formula is C58H45N5Si. The SMILES string of the molecule is Cn1c(-c2cccc([Si](c3ccccc3)(c3ccccc3)c3ccc4c(c3)N(c3ccccn3)c3cc5c(cc3C4(C)C)c3ccccc3n5-c3ccccc3)c2)nc2ccccc21. The average Bonchev–Trinajstić information content (AvgIpc) is 3.86. The Labute approximate surface area is 374 Å². The molecule has 0 saturated carbocycles. The molecule has 12 rings (SSSR count). The van der Waals surface area contributed by atoms with E-state index in [9.17, 15) is 0 Å². The summed E-state index contributed by atoms with van der Waals surface area (Å²) in [7, 11) is -0.932. The Morgan fingerprint density at radius 1 is 0.469 bits per heavy atom. The smallest absolute Gasteiger partial charge is 0.179 e. The molecular weight excluding hydrogens is 795 g/mol. The van der Waals surface area contributed by atoms with E-state index in [1.807, 2.05) is 12.3 Å². The summed E-state index contributed by atoms with van der Waals surface area (Å²) in [6.45, 7) is 4.78. The first-order valence-electron chi connectivity index (χ1n) is 22.1. The van der Waals surface area contributed by atoms with Crippen molar-refractivity contribution in [3.05, 3.63) is 230 Å². The van der Waals surface area contributed by atoms with E-state index in [2.05, 4.69) is 241 Å². The molecule has 0 N–H and O–H groups in total. The van der Waals surface area contributed by atoms with Crippen molar-refractivity contribution in [1.82, 2.24) is 19.1 Å². The third-order valence-corrected chi connectivity index (χ3v) is 18.4. The standard InChI is InChI=1S/C58H45N5Si/c1-58(2)48-34-33-45(64(42-23-9-5-10-24-42,43-25-11-6-12-26-43)44-27-19-20-40(36-44)57-60-50-29-14-16-31-52(50)61(57)3)37-54(48)63(56-32-17-18-35-59-56)55-39-53-47(38-49(55)58)46-28-13-15-30-51(46)62(53)41-21-7-4-8-22-41/h4-39H,1-3H3. The number of para-hydroxylation sites is 4. The Morgan fingerprint density at radius 3 is 1.81 bits per heavy atom. The summed E-state index contributed by atoms with van der Waals surface area (Å²) < 4.78 is 4.64. The number of anilines is 3. The molecule has 6 heteroatoms. The monoisotopic (exact) mass is 839 g/mol. The van der Waals surface area contributed by atoms with Gasteiger partial charge in [-0.25, -0.2) is 9.97 Å². The van der Waals surface area contributed by atoms with E-state index < -0.39 is 8.07 Å². The summed E-state index contributed by atoms with van der Waals surface area (Å²) in [6, 6.07) is 78.1. The van der Waals surface area contributed by atoms with E-state index in [-0.39, 0.29) is 5.41 Å². The van der Waals surface area contributed by atoms with Crippen molar-refractivity contribution in [3.8, 4) is 17.1 Å². The number of imidazole rings is 1. The van der Waals surface area contributed by atoms with E-state index >= 15 is 0 Å². The fourth-order valence-corrected chi connectivity index (χ4v) is 15.5. The van der Waals surface area contributed by atoms with Gasteiger partial charge in [0.25, 0.3) is 0 Å². The fraction of sp³-hybridized carbons (Fsp3) is 0.0690. The molecule has 0 fully saturated rings. The van der Waals surface area contributed by atoms with Crippen LogP contribution in [0.4, 0.5) is 17.2 Å². The summed E-state index contributed by atoms with van der Waals surface area (Å²) in [5, 5.41) is 7.71. The van der Waals surface area contributed by atoms with E-state index in [1.165, 1.54) is 53.7 Å². The lowest BCUT2D eigenvalue weighted by atomic mass is 9.73. The lowest BCUT2D eigenvalue weighted by molar-refractivity contribution is 0.632. The van der Waals surface area contributed by atoms with Crippen LogP contribution in [0.1, 0.15) is 25.0 Å². The number of nitrogens with zero attached hydrogens (tertiary/aromatic N) is 5. The topological polar surface area (TPSA) is 38.9 Å². The van der Waals surface area contributed by atoms with Crippen LogP contribution < -0.4 is 25.6 Å². The third kappa shape index (κ3) is 5.62. The third-order valence-electron chi connectivity index (χ3n) is 13.7. The molecule has 3 aromatic heterocycles.